The molecule has 0 aliphatic carbocycles. The van der Waals surface area contributed by atoms with Crippen molar-refractivity contribution < 1.29 is 14.7 Å². The lowest BCUT2D eigenvalue weighted by atomic mass is 10.1. The Kier molecular flexibility index (Phi) is 5.71. The SMILES string of the molecule is CCC1CN(C(=O)N2C(C(=O)O)CSC2C(C)C)CCS1. The molecule has 3 atom stereocenters. The van der Waals surface area contributed by atoms with E-state index >= 15 is 0 Å². The van der Waals surface area contributed by atoms with Gasteiger partial charge in [-0.2, -0.15) is 11.8 Å². The first-order valence-corrected chi connectivity index (χ1v) is 9.58. The van der Waals surface area contributed by atoms with Crippen LogP contribution in [0.4, 0.5) is 4.79 Å². The van der Waals surface area contributed by atoms with Crippen molar-refractivity contribution in [1.29, 1.82) is 0 Å². The van der Waals surface area contributed by atoms with E-state index in [9.17, 15) is 14.7 Å². The molecule has 0 spiro atoms. The molecule has 2 fully saturated rings. The Hall–Kier alpha value is -0.560. The lowest BCUT2D eigenvalue weighted by Crippen LogP contribution is -2.55. The Morgan fingerprint density at radius 1 is 1.33 bits per heavy atom. The number of rotatable bonds is 3. The molecule has 2 rings (SSSR count). The zero-order chi connectivity index (χ0) is 15.6. The Labute approximate surface area is 134 Å². The van der Waals surface area contributed by atoms with Crippen molar-refractivity contribution in [2.75, 3.05) is 24.6 Å². The maximum atomic E-state index is 12.9. The van der Waals surface area contributed by atoms with Gasteiger partial charge in [0, 0.05) is 29.8 Å². The number of carboxylic acid groups (broad SMARTS) is 1. The van der Waals surface area contributed by atoms with Crippen LogP contribution in [0.3, 0.4) is 0 Å². The molecule has 0 aromatic heterocycles. The molecule has 2 saturated heterocycles. The number of carbonyl (C=O) groups is 2. The maximum Gasteiger partial charge on any atom is 0.327 e. The summed E-state index contributed by atoms with van der Waals surface area (Å²) in [5.41, 5.74) is 0. The molecule has 120 valence electrons. The van der Waals surface area contributed by atoms with Crippen LogP contribution >= 0.6 is 23.5 Å². The first-order chi connectivity index (χ1) is 9.95. The van der Waals surface area contributed by atoms with Gasteiger partial charge in [0.25, 0.3) is 0 Å². The fraction of sp³-hybridized carbons (Fsp3) is 0.857. The van der Waals surface area contributed by atoms with Crippen LogP contribution in [-0.4, -0.2) is 68.2 Å². The van der Waals surface area contributed by atoms with Gasteiger partial charge in [0.05, 0.1) is 5.37 Å². The molecule has 0 radical (unpaired) electrons. The first-order valence-electron chi connectivity index (χ1n) is 7.49. The highest BCUT2D eigenvalue weighted by atomic mass is 32.2. The van der Waals surface area contributed by atoms with Gasteiger partial charge >= 0.3 is 12.0 Å². The Morgan fingerprint density at radius 2 is 2.05 bits per heavy atom. The molecule has 0 saturated carbocycles. The highest BCUT2D eigenvalue weighted by molar-refractivity contribution is 8.00. The molecule has 2 amide bonds. The summed E-state index contributed by atoms with van der Waals surface area (Å²) in [5, 5.41) is 9.84. The summed E-state index contributed by atoms with van der Waals surface area (Å²) < 4.78 is 0. The third-order valence-electron chi connectivity index (χ3n) is 3.98. The van der Waals surface area contributed by atoms with Crippen molar-refractivity contribution >= 4 is 35.5 Å². The summed E-state index contributed by atoms with van der Waals surface area (Å²) in [4.78, 5) is 27.8. The summed E-state index contributed by atoms with van der Waals surface area (Å²) in [7, 11) is 0. The number of hydrogen-bond donors (Lipinski definition) is 1. The van der Waals surface area contributed by atoms with E-state index in [0.29, 0.717) is 11.0 Å². The van der Waals surface area contributed by atoms with Gasteiger partial charge in [-0.05, 0) is 12.3 Å². The smallest absolute Gasteiger partial charge is 0.327 e. The second kappa shape index (κ2) is 7.13. The van der Waals surface area contributed by atoms with E-state index in [4.69, 9.17) is 0 Å². The number of amides is 2. The van der Waals surface area contributed by atoms with Crippen LogP contribution in [0, 0.1) is 5.92 Å². The van der Waals surface area contributed by atoms with Gasteiger partial charge in [0.15, 0.2) is 0 Å². The Balaban J connectivity index is 2.14. The molecular formula is C14H24N2O3S2. The minimum atomic E-state index is -0.891. The number of nitrogens with zero attached hydrogens (tertiary/aromatic N) is 2. The first kappa shape index (κ1) is 16.8. The standard InChI is InChI=1S/C14H24N2O3S2/c1-4-10-7-15(5-6-20-10)14(19)16-11(13(17)18)8-21-12(16)9(2)3/h9-12H,4-8H2,1-3H3,(H,17,18). The molecule has 1 N–H and O–H groups in total. The van der Waals surface area contributed by atoms with Gasteiger partial charge < -0.3 is 10.0 Å². The third kappa shape index (κ3) is 3.62. The zero-order valence-electron chi connectivity index (χ0n) is 12.8. The van der Waals surface area contributed by atoms with Crippen molar-refractivity contribution in [1.82, 2.24) is 9.80 Å². The highest BCUT2D eigenvalue weighted by Gasteiger charge is 2.44. The predicted molar refractivity (Wildman–Crippen MR) is 87.9 cm³/mol. The summed E-state index contributed by atoms with van der Waals surface area (Å²) in [6.07, 6.45) is 1.04. The summed E-state index contributed by atoms with van der Waals surface area (Å²) in [6, 6.07) is -0.783. The van der Waals surface area contributed by atoms with Crippen molar-refractivity contribution in [2.24, 2.45) is 5.92 Å². The quantitative estimate of drug-likeness (QED) is 0.860. The number of hydrogen-bond acceptors (Lipinski definition) is 4. The lowest BCUT2D eigenvalue weighted by Gasteiger charge is -2.38. The third-order valence-corrected chi connectivity index (χ3v) is 6.97. The summed E-state index contributed by atoms with van der Waals surface area (Å²) in [6.45, 7) is 7.68. The molecule has 2 aliphatic heterocycles. The zero-order valence-corrected chi connectivity index (χ0v) is 14.5. The highest BCUT2D eigenvalue weighted by Crippen LogP contribution is 2.35. The van der Waals surface area contributed by atoms with E-state index in [0.717, 1.165) is 25.3 Å². The molecule has 21 heavy (non-hydrogen) atoms. The van der Waals surface area contributed by atoms with Crippen molar-refractivity contribution in [3.05, 3.63) is 0 Å². The van der Waals surface area contributed by atoms with Crippen LogP contribution in [0.1, 0.15) is 27.2 Å². The molecular weight excluding hydrogens is 308 g/mol. The van der Waals surface area contributed by atoms with Crippen LogP contribution in [0.25, 0.3) is 0 Å². The van der Waals surface area contributed by atoms with Crippen LogP contribution in [0.15, 0.2) is 0 Å². The summed E-state index contributed by atoms with van der Waals surface area (Å²) >= 11 is 3.49. The second-order valence-electron chi connectivity index (χ2n) is 5.86. The molecule has 0 aromatic carbocycles. The van der Waals surface area contributed by atoms with E-state index in [-0.39, 0.29) is 17.3 Å². The van der Waals surface area contributed by atoms with E-state index < -0.39 is 12.0 Å². The number of aliphatic carboxylic acids is 1. The number of thioether (sulfide) groups is 2. The monoisotopic (exact) mass is 332 g/mol. The normalized spacial score (nSPS) is 30.0. The molecule has 2 aliphatic rings. The number of carboxylic acids is 1. The van der Waals surface area contributed by atoms with E-state index in [1.165, 1.54) is 0 Å². The second-order valence-corrected chi connectivity index (χ2v) is 8.42. The van der Waals surface area contributed by atoms with E-state index in [1.54, 1.807) is 16.7 Å². The summed E-state index contributed by atoms with van der Waals surface area (Å²) in [5.74, 6) is 0.792. The van der Waals surface area contributed by atoms with Gasteiger partial charge in [-0.3, -0.25) is 4.90 Å². The molecule has 7 heteroatoms. The number of urea groups is 1. The Bertz CT molecular complexity index is 406. The molecule has 5 nitrogen and oxygen atoms in total. The van der Waals surface area contributed by atoms with Crippen LogP contribution in [-0.2, 0) is 4.79 Å². The number of carbonyl (C=O) groups excluding carboxylic acids is 1. The van der Waals surface area contributed by atoms with E-state index in [1.807, 2.05) is 30.5 Å². The average molecular weight is 332 g/mol. The molecule has 3 unspecified atom stereocenters. The van der Waals surface area contributed by atoms with Gasteiger partial charge in [0.2, 0.25) is 0 Å². The van der Waals surface area contributed by atoms with Crippen LogP contribution in [0.5, 0.6) is 0 Å². The lowest BCUT2D eigenvalue weighted by molar-refractivity contribution is -0.141. The van der Waals surface area contributed by atoms with Crippen molar-refractivity contribution in [3.63, 3.8) is 0 Å². The Morgan fingerprint density at radius 3 is 2.62 bits per heavy atom. The maximum absolute atomic E-state index is 12.9. The minimum Gasteiger partial charge on any atom is -0.480 e. The van der Waals surface area contributed by atoms with Gasteiger partial charge in [-0.1, -0.05) is 20.8 Å². The molecule has 0 bridgehead atoms. The molecule has 2 heterocycles. The minimum absolute atomic E-state index is 0.0340. The van der Waals surface area contributed by atoms with Crippen molar-refractivity contribution in [2.45, 2.75) is 43.9 Å². The molecule has 0 aromatic rings. The van der Waals surface area contributed by atoms with Gasteiger partial charge in [-0.15, -0.1) is 11.8 Å². The average Bonchev–Trinajstić information content (AvgIpc) is 2.91. The fourth-order valence-electron chi connectivity index (χ4n) is 2.78. The topological polar surface area (TPSA) is 60.9 Å². The van der Waals surface area contributed by atoms with Gasteiger partial charge in [0.1, 0.15) is 6.04 Å². The van der Waals surface area contributed by atoms with Crippen LogP contribution in [0.2, 0.25) is 0 Å². The van der Waals surface area contributed by atoms with E-state index in [2.05, 4.69) is 6.92 Å². The largest absolute Gasteiger partial charge is 0.480 e. The predicted octanol–water partition coefficient (Wildman–Crippen LogP) is 2.42. The van der Waals surface area contributed by atoms with Crippen molar-refractivity contribution in [3.8, 4) is 0 Å². The van der Waals surface area contributed by atoms with Crippen LogP contribution < -0.4 is 0 Å². The van der Waals surface area contributed by atoms with Gasteiger partial charge in [-0.25, -0.2) is 9.59 Å². The fourth-order valence-corrected chi connectivity index (χ4v) is 5.42.